The fourth-order valence-electron chi connectivity index (χ4n) is 2.04. The van der Waals surface area contributed by atoms with Crippen LogP contribution in [0.25, 0.3) is 0 Å². The maximum Gasteiger partial charge on any atom is 0.317 e. The summed E-state index contributed by atoms with van der Waals surface area (Å²) in [6.45, 7) is 6.32. The first-order valence-electron chi connectivity index (χ1n) is 6.11. The minimum Gasteiger partial charge on any atom is -0.372 e. The Bertz CT molecular complexity index is 427. The van der Waals surface area contributed by atoms with E-state index in [4.69, 9.17) is 4.74 Å². The molecule has 0 unspecified atom stereocenters. The lowest BCUT2D eigenvalue weighted by Crippen LogP contribution is -2.53. The number of aromatic nitrogens is 2. The molecule has 1 aromatic rings. The topological polar surface area (TPSA) is 59.4 Å². The molecule has 0 bridgehead atoms. The summed E-state index contributed by atoms with van der Waals surface area (Å²) in [6.07, 6.45) is 1.72. The standard InChI is InChI=1S/C12H20N4O2/c1-12(2)9-16(6-7-18-12)11(17)13-8-10-4-5-14-15(10)3/h4-5H,6-9H2,1-3H3,(H,13,17). The zero-order chi connectivity index (χ0) is 13.2. The first-order valence-corrected chi connectivity index (χ1v) is 6.11. The summed E-state index contributed by atoms with van der Waals surface area (Å²) in [5.74, 6) is 0. The number of carbonyl (C=O) groups excluding carboxylic acids is 1. The van der Waals surface area contributed by atoms with Gasteiger partial charge >= 0.3 is 6.03 Å². The Morgan fingerprint density at radius 3 is 3.00 bits per heavy atom. The van der Waals surface area contributed by atoms with Crippen LogP contribution in [0.1, 0.15) is 19.5 Å². The van der Waals surface area contributed by atoms with Crippen molar-refractivity contribution in [2.45, 2.75) is 26.0 Å². The number of amides is 2. The molecule has 1 saturated heterocycles. The van der Waals surface area contributed by atoms with Crippen LogP contribution < -0.4 is 5.32 Å². The molecule has 0 spiro atoms. The highest BCUT2D eigenvalue weighted by Crippen LogP contribution is 2.16. The number of hydrogen-bond donors (Lipinski definition) is 1. The molecule has 100 valence electrons. The Hall–Kier alpha value is -1.56. The number of morpholine rings is 1. The van der Waals surface area contributed by atoms with E-state index in [1.807, 2.05) is 27.0 Å². The van der Waals surface area contributed by atoms with E-state index in [1.54, 1.807) is 15.8 Å². The molecule has 0 aliphatic carbocycles. The van der Waals surface area contributed by atoms with E-state index in [0.29, 0.717) is 26.2 Å². The Morgan fingerprint density at radius 1 is 1.61 bits per heavy atom. The van der Waals surface area contributed by atoms with Gasteiger partial charge in [-0.2, -0.15) is 5.10 Å². The first-order chi connectivity index (χ1) is 8.48. The molecule has 1 aromatic heterocycles. The zero-order valence-corrected chi connectivity index (χ0v) is 11.1. The number of hydrogen-bond acceptors (Lipinski definition) is 3. The maximum absolute atomic E-state index is 12.0. The van der Waals surface area contributed by atoms with Crippen molar-refractivity contribution in [3.8, 4) is 0 Å². The fourth-order valence-corrected chi connectivity index (χ4v) is 2.04. The van der Waals surface area contributed by atoms with Gasteiger partial charge in [0.25, 0.3) is 0 Å². The van der Waals surface area contributed by atoms with Gasteiger partial charge < -0.3 is 15.0 Å². The van der Waals surface area contributed by atoms with Crippen molar-refractivity contribution in [1.29, 1.82) is 0 Å². The van der Waals surface area contributed by atoms with Crippen molar-refractivity contribution < 1.29 is 9.53 Å². The second-order valence-electron chi connectivity index (χ2n) is 5.13. The van der Waals surface area contributed by atoms with Crippen molar-refractivity contribution >= 4 is 6.03 Å². The number of carbonyl (C=O) groups is 1. The molecule has 0 radical (unpaired) electrons. The van der Waals surface area contributed by atoms with E-state index in [1.165, 1.54) is 0 Å². The molecule has 6 nitrogen and oxygen atoms in total. The number of ether oxygens (including phenoxy) is 1. The molecule has 1 fully saturated rings. The first kappa shape index (κ1) is 12.9. The Labute approximate surface area is 107 Å². The number of urea groups is 1. The molecule has 6 heteroatoms. The van der Waals surface area contributed by atoms with E-state index in [9.17, 15) is 4.79 Å². The number of aryl methyl sites for hydroxylation is 1. The third-order valence-electron chi connectivity index (χ3n) is 3.06. The molecule has 2 heterocycles. The van der Waals surface area contributed by atoms with Crippen molar-refractivity contribution in [1.82, 2.24) is 20.0 Å². The average molecular weight is 252 g/mol. The summed E-state index contributed by atoms with van der Waals surface area (Å²) in [5.41, 5.74) is 0.721. The van der Waals surface area contributed by atoms with Gasteiger partial charge in [0, 0.05) is 19.8 Å². The largest absolute Gasteiger partial charge is 0.372 e. The van der Waals surface area contributed by atoms with Crippen LogP contribution in [0.15, 0.2) is 12.3 Å². The van der Waals surface area contributed by atoms with Gasteiger partial charge in [0.15, 0.2) is 0 Å². The second-order valence-corrected chi connectivity index (χ2v) is 5.13. The SMILES string of the molecule is Cn1nccc1CNC(=O)N1CCOC(C)(C)C1. The Morgan fingerprint density at radius 2 is 2.39 bits per heavy atom. The van der Waals surface area contributed by atoms with E-state index in [2.05, 4.69) is 10.4 Å². The third-order valence-corrected chi connectivity index (χ3v) is 3.06. The summed E-state index contributed by atoms with van der Waals surface area (Å²) in [5, 5.41) is 6.97. The van der Waals surface area contributed by atoms with Crippen molar-refractivity contribution in [3.63, 3.8) is 0 Å². The van der Waals surface area contributed by atoms with Gasteiger partial charge in [-0.3, -0.25) is 4.68 Å². The average Bonchev–Trinajstić information content (AvgIpc) is 2.70. The number of nitrogens with one attached hydrogen (secondary N) is 1. The van der Waals surface area contributed by atoms with Crippen molar-refractivity contribution in [2.75, 3.05) is 19.7 Å². The summed E-state index contributed by atoms with van der Waals surface area (Å²) in [6, 6.07) is 1.84. The molecule has 18 heavy (non-hydrogen) atoms. The second kappa shape index (κ2) is 4.97. The third kappa shape index (κ3) is 3.01. The lowest BCUT2D eigenvalue weighted by Gasteiger charge is -2.38. The fraction of sp³-hybridized carbons (Fsp3) is 0.667. The van der Waals surface area contributed by atoms with Gasteiger partial charge in [-0.15, -0.1) is 0 Å². The number of rotatable bonds is 2. The zero-order valence-electron chi connectivity index (χ0n) is 11.1. The minimum absolute atomic E-state index is 0.0485. The molecule has 2 amide bonds. The van der Waals surface area contributed by atoms with Crippen LogP contribution in [-0.4, -0.2) is 46.0 Å². The molecule has 1 aliphatic rings. The van der Waals surface area contributed by atoms with Crippen LogP contribution in [0.5, 0.6) is 0 Å². The normalized spacial score (nSPS) is 18.7. The molecular weight excluding hydrogens is 232 g/mol. The highest BCUT2D eigenvalue weighted by atomic mass is 16.5. The van der Waals surface area contributed by atoms with Gasteiger partial charge in [0.1, 0.15) is 0 Å². The van der Waals surface area contributed by atoms with E-state index < -0.39 is 0 Å². The summed E-state index contributed by atoms with van der Waals surface area (Å²) in [4.78, 5) is 13.8. The van der Waals surface area contributed by atoms with E-state index in [0.717, 1.165) is 5.69 Å². The van der Waals surface area contributed by atoms with Gasteiger partial charge in [0.05, 0.1) is 31.0 Å². The Kier molecular flexibility index (Phi) is 3.56. The molecule has 0 aromatic carbocycles. The van der Waals surface area contributed by atoms with Crippen molar-refractivity contribution in [2.24, 2.45) is 7.05 Å². The van der Waals surface area contributed by atoms with Crippen LogP contribution in [0.3, 0.4) is 0 Å². The van der Waals surface area contributed by atoms with Gasteiger partial charge in [-0.1, -0.05) is 0 Å². The predicted molar refractivity (Wildman–Crippen MR) is 67.0 cm³/mol. The summed E-state index contributed by atoms with van der Waals surface area (Å²) in [7, 11) is 1.86. The van der Waals surface area contributed by atoms with Crippen LogP contribution in [-0.2, 0) is 18.3 Å². The highest BCUT2D eigenvalue weighted by Gasteiger charge is 2.29. The van der Waals surface area contributed by atoms with Crippen molar-refractivity contribution in [3.05, 3.63) is 18.0 Å². The summed E-state index contributed by atoms with van der Waals surface area (Å²) < 4.78 is 7.33. The van der Waals surface area contributed by atoms with Crippen LogP contribution in [0, 0.1) is 0 Å². The number of nitrogens with zero attached hydrogens (tertiary/aromatic N) is 3. The van der Waals surface area contributed by atoms with Crippen LogP contribution >= 0.6 is 0 Å². The molecule has 1 N–H and O–H groups in total. The molecule has 0 atom stereocenters. The molecule has 1 aliphatic heterocycles. The quantitative estimate of drug-likeness (QED) is 0.844. The van der Waals surface area contributed by atoms with Gasteiger partial charge in [-0.05, 0) is 19.9 Å². The molecule has 0 saturated carbocycles. The van der Waals surface area contributed by atoms with Crippen LogP contribution in [0.4, 0.5) is 4.79 Å². The van der Waals surface area contributed by atoms with E-state index in [-0.39, 0.29) is 11.6 Å². The van der Waals surface area contributed by atoms with E-state index >= 15 is 0 Å². The predicted octanol–water partition coefficient (Wildman–Crippen LogP) is 0.740. The molecular formula is C12H20N4O2. The Balaban J connectivity index is 1.86. The lowest BCUT2D eigenvalue weighted by molar-refractivity contribution is -0.0733. The maximum atomic E-state index is 12.0. The minimum atomic E-state index is -0.262. The molecule has 2 rings (SSSR count). The smallest absolute Gasteiger partial charge is 0.317 e. The lowest BCUT2D eigenvalue weighted by atomic mass is 10.1. The van der Waals surface area contributed by atoms with Gasteiger partial charge in [-0.25, -0.2) is 4.79 Å². The monoisotopic (exact) mass is 252 g/mol. The highest BCUT2D eigenvalue weighted by molar-refractivity contribution is 5.74. The summed E-state index contributed by atoms with van der Waals surface area (Å²) >= 11 is 0. The van der Waals surface area contributed by atoms with Crippen LogP contribution in [0.2, 0.25) is 0 Å². The van der Waals surface area contributed by atoms with Gasteiger partial charge in [0.2, 0.25) is 0 Å².